The van der Waals surface area contributed by atoms with Crippen molar-refractivity contribution in [3.63, 3.8) is 0 Å². The number of benzene rings is 1. The van der Waals surface area contributed by atoms with Crippen molar-refractivity contribution in [2.45, 2.75) is 27.3 Å². The summed E-state index contributed by atoms with van der Waals surface area (Å²) in [6.07, 6.45) is 0. The van der Waals surface area contributed by atoms with Crippen molar-refractivity contribution in [3.05, 3.63) is 61.8 Å². The Morgan fingerprint density at radius 1 is 1.18 bits per heavy atom. The van der Waals surface area contributed by atoms with Crippen molar-refractivity contribution in [2.24, 2.45) is 5.41 Å². The number of carbonyl (C=O) groups excluding carboxylic acids is 3. The number of ether oxygens (including phenoxy) is 1. The van der Waals surface area contributed by atoms with Crippen LogP contribution >= 0.6 is 11.3 Å². The van der Waals surface area contributed by atoms with Gasteiger partial charge in [0.2, 0.25) is 11.7 Å². The van der Waals surface area contributed by atoms with E-state index in [2.05, 4.69) is 5.32 Å². The second-order valence-electron chi connectivity index (χ2n) is 7.01. The van der Waals surface area contributed by atoms with Gasteiger partial charge >= 0.3 is 5.97 Å². The predicted molar refractivity (Wildman–Crippen MR) is 103 cm³/mol. The number of esters is 1. The predicted octanol–water partition coefficient (Wildman–Crippen LogP) is 3.36. The summed E-state index contributed by atoms with van der Waals surface area (Å²) in [5.41, 5.74) is -0.740. The number of non-ortho nitro benzene ring substituents is 1. The van der Waals surface area contributed by atoms with Crippen molar-refractivity contribution < 1.29 is 24.0 Å². The number of nitro groups is 1. The van der Waals surface area contributed by atoms with Crippen LogP contribution in [0.1, 0.15) is 45.7 Å². The number of ketones is 1. The molecule has 1 amide bonds. The number of nitrogens with zero attached hydrogens (tertiary/aromatic N) is 1. The summed E-state index contributed by atoms with van der Waals surface area (Å²) in [7, 11) is 0. The molecule has 8 nitrogen and oxygen atoms in total. The van der Waals surface area contributed by atoms with Gasteiger partial charge in [0, 0.05) is 22.4 Å². The first-order valence-corrected chi connectivity index (χ1v) is 9.21. The van der Waals surface area contributed by atoms with Crippen molar-refractivity contribution in [3.8, 4) is 0 Å². The summed E-state index contributed by atoms with van der Waals surface area (Å²) in [5.74, 6) is -1.30. The second-order valence-corrected chi connectivity index (χ2v) is 8.17. The molecule has 0 radical (unpaired) electrons. The molecule has 0 atom stereocenters. The SMILES string of the molecule is CC(C)(C)C(=O)NCc1ccc(C(=O)COC(=O)c2cccc([N+](=O)[O-])c2)s1. The highest BCUT2D eigenvalue weighted by Crippen LogP contribution is 2.19. The number of carbonyl (C=O) groups is 3. The molecule has 9 heteroatoms. The Bertz CT molecular complexity index is 913. The van der Waals surface area contributed by atoms with E-state index < -0.39 is 28.7 Å². The number of hydrogen-bond donors (Lipinski definition) is 1. The van der Waals surface area contributed by atoms with E-state index in [0.717, 1.165) is 10.9 Å². The van der Waals surface area contributed by atoms with Crippen LogP contribution in [0.5, 0.6) is 0 Å². The van der Waals surface area contributed by atoms with Gasteiger partial charge in [-0.25, -0.2) is 4.79 Å². The first-order chi connectivity index (χ1) is 13.1. The fraction of sp³-hybridized carbons (Fsp3) is 0.316. The summed E-state index contributed by atoms with van der Waals surface area (Å²) in [5, 5.41) is 13.6. The number of thiophene rings is 1. The summed E-state index contributed by atoms with van der Waals surface area (Å²) >= 11 is 1.20. The average molecular weight is 404 g/mol. The average Bonchev–Trinajstić information content (AvgIpc) is 3.12. The number of nitro benzene ring substituents is 1. The molecule has 1 aromatic heterocycles. The van der Waals surface area contributed by atoms with Gasteiger partial charge in [0.25, 0.3) is 5.69 Å². The van der Waals surface area contributed by atoms with Crippen molar-refractivity contribution >= 4 is 34.7 Å². The van der Waals surface area contributed by atoms with Crippen molar-refractivity contribution in [1.82, 2.24) is 5.32 Å². The summed E-state index contributed by atoms with van der Waals surface area (Å²) in [4.78, 5) is 47.4. The Kier molecular flexibility index (Phi) is 6.63. The van der Waals surface area contributed by atoms with Crippen LogP contribution in [0, 0.1) is 15.5 Å². The lowest BCUT2D eigenvalue weighted by Crippen LogP contribution is -2.34. The third kappa shape index (κ3) is 5.71. The van der Waals surface area contributed by atoms with E-state index in [1.165, 1.54) is 29.5 Å². The molecule has 0 unspecified atom stereocenters. The molecular formula is C19H20N2O6S. The van der Waals surface area contributed by atoms with Crippen LogP contribution in [-0.2, 0) is 16.1 Å². The van der Waals surface area contributed by atoms with Crippen LogP contribution in [-0.4, -0.2) is 29.2 Å². The maximum absolute atomic E-state index is 12.2. The fourth-order valence-electron chi connectivity index (χ4n) is 2.09. The summed E-state index contributed by atoms with van der Waals surface area (Å²) in [6, 6.07) is 8.42. The molecule has 148 valence electrons. The molecule has 0 bridgehead atoms. The smallest absolute Gasteiger partial charge is 0.338 e. The van der Waals surface area contributed by atoms with Crippen molar-refractivity contribution in [1.29, 1.82) is 0 Å². The molecule has 1 heterocycles. The molecule has 0 spiro atoms. The van der Waals surface area contributed by atoms with Gasteiger partial charge in [-0.15, -0.1) is 11.3 Å². The monoisotopic (exact) mass is 404 g/mol. The second kappa shape index (κ2) is 8.75. The normalized spacial score (nSPS) is 11.0. The van der Waals surface area contributed by atoms with E-state index >= 15 is 0 Å². The summed E-state index contributed by atoms with van der Waals surface area (Å²) in [6.45, 7) is 5.25. The van der Waals surface area contributed by atoms with E-state index in [-0.39, 0.29) is 17.2 Å². The van der Waals surface area contributed by atoms with Crippen LogP contribution in [0.3, 0.4) is 0 Å². The van der Waals surface area contributed by atoms with E-state index in [0.29, 0.717) is 11.4 Å². The minimum Gasteiger partial charge on any atom is -0.454 e. The lowest BCUT2D eigenvalue weighted by Gasteiger charge is -2.17. The Morgan fingerprint density at radius 2 is 1.89 bits per heavy atom. The maximum Gasteiger partial charge on any atom is 0.338 e. The minimum atomic E-state index is -0.814. The van der Waals surface area contributed by atoms with Gasteiger partial charge in [-0.2, -0.15) is 0 Å². The third-order valence-corrected chi connectivity index (χ3v) is 4.79. The maximum atomic E-state index is 12.2. The number of Topliss-reactive ketones (excluding diaryl/α,β-unsaturated/α-hetero) is 1. The van der Waals surface area contributed by atoms with Gasteiger partial charge in [-0.05, 0) is 18.2 Å². The Labute approximate surface area is 165 Å². The third-order valence-electron chi connectivity index (χ3n) is 3.67. The highest BCUT2D eigenvalue weighted by molar-refractivity contribution is 7.14. The molecule has 1 aromatic carbocycles. The Hall–Kier alpha value is -3.07. The first-order valence-electron chi connectivity index (χ1n) is 8.39. The number of hydrogen-bond acceptors (Lipinski definition) is 7. The largest absolute Gasteiger partial charge is 0.454 e. The standard InChI is InChI=1S/C19H20N2O6S/c1-19(2,3)18(24)20-10-14-7-8-16(28-14)15(22)11-27-17(23)12-5-4-6-13(9-12)21(25)26/h4-9H,10-11H2,1-3H3,(H,20,24). The minimum absolute atomic E-state index is 0.00115. The van der Waals surface area contributed by atoms with E-state index in [4.69, 9.17) is 4.74 Å². The lowest BCUT2D eigenvalue weighted by atomic mass is 9.96. The Morgan fingerprint density at radius 3 is 2.54 bits per heavy atom. The van der Waals surface area contributed by atoms with Gasteiger partial charge < -0.3 is 10.1 Å². The zero-order valence-corrected chi connectivity index (χ0v) is 16.5. The lowest BCUT2D eigenvalue weighted by molar-refractivity contribution is -0.384. The van der Waals surface area contributed by atoms with E-state index in [1.807, 2.05) is 0 Å². The number of amides is 1. The summed E-state index contributed by atoms with van der Waals surface area (Å²) < 4.78 is 4.96. The number of rotatable bonds is 7. The first kappa shape index (κ1) is 21.2. The molecule has 0 aliphatic rings. The molecule has 28 heavy (non-hydrogen) atoms. The quantitative estimate of drug-likeness (QED) is 0.327. The van der Waals surface area contributed by atoms with Gasteiger partial charge in [0.1, 0.15) is 0 Å². The number of nitrogens with one attached hydrogen (secondary N) is 1. The zero-order chi connectivity index (χ0) is 20.9. The van der Waals surface area contributed by atoms with E-state index in [1.54, 1.807) is 32.9 Å². The molecule has 2 aromatic rings. The fourth-order valence-corrected chi connectivity index (χ4v) is 2.96. The molecule has 2 rings (SSSR count). The van der Waals surface area contributed by atoms with Gasteiger partial charge in [-0.3, -0.25) is 19.7 Å². The van der Waals surface area contributed by atoms with Gasteiger partial charge in [0.15, 0.2) is 6.61 Å². The van der Waals surface area contributed by atoms with Crippen LogP contribution in [0.2, 0.25) is 0 Å². The van der Waals surface area contributed by atoms with Crippen LogP contribution in [0.25, 0.3) is 0 Å². The van der Waals surface area contributed by atoms with E-state index in [9.17, 15) is 24.5 Å². The highest BCUT2D eigenvalue weighted by Gasteiger charge is 2.21. The molecule has 0 aliphatic heterocycles. The molecule has 0 saturated heterocycles. The molecule has 0 fully saturated rings. The topological polar surface area (TPSA) is 116 Å². The molecule has 1 N–H and O–H groups in total. The molecule has 0 aliphatic carbocycles. The van der Waals surface area contributed by atoms with Gasteiger partial charge in [0.05, 0.1) is 21.9 Å². The Balaban J connectivity index is 1.91. The highest BCUT2D eigenvalue weighted by atomic mass is 32.1. The molecular weight excluding hydrogens is 384 g/mol. The van der Waals surface area contributed by atoms with Crippen LogP contribution < -0.4 is 5.32 Å². The zero-order valence-electron chi connectivity index (χ0n) is 15.7. The molecule has 0 saturated carbocycles. The van der Waals surface area contributed by atoms with Crippen LogP contribution in [0.4, 0.5) is 5.69 Å². The van der Waals surface area contributed by atoms with Gasteiger partial charge in [-0.1, -0.05) is 26.8 Å². The van der Waals surface area contributed by atoms with Crippen LogP contribution in [0.15, 0.2) is 36.4 Å². The van der Waals surface area contributed by atoms with Crippen molar-refractivity contribution in [2.75, 3.05) is 6.61 Å².